The molecule has 0 aromatic heterocycles. The highest BCUT2D eigenvalue weighted by atomic mass is 32.2. The zero-order chi connectivity index (χ0) is 23.1. The molecule has 0 N–H and O–H groups in total. The van der Waals surface area contributed by atoms with E-state index in [-0.39, 0.29) is 21.8 Å². The minimum absolute atomic E-state index is 0.0617. The SMILES string of the molecule is CC[C@H]([C@H](CC)[S+]1c2ccccc2Sc2ccccc21)[S+]1c2ccccc2Sc2ccccc21. The Labute approximate surface area is 217 Å². The van der Waals surface area contributed by atoms with Crippen molar-refractivity contribution in [2.45, 2.75) is 76.4 Å². The summed E-state index contributed by atoms with van der Waals surface area (Å²) in [4.78, 5) is 12.0. The van der Waals surface area contributed by atoms with Crippen LogP contribution in [0.4, 0.5) is 0 Å². The average molecular weight is 517 g/mol. The molecular formula is C30H28S4+2. The third-order valence-electron chi connectivity index (χ3n) is 6.61. The van der Waals surface area contributed by atoms with E-state index in [1.807, 2.05) is 23.5 Å². The maximum absolute atomic E-state index is 2.42. The van der Waals surface area contributed by atoms with E-state index in [0.717, 1.165) is 0 Å². The van der Waals surface area contributed by atoms with Crippen molar-refractivity contribution in [1.29, 1.82) is 0 Å². The van der Waals surface area contributed by atoms with Crippen LogP contribution in [0.1, 0.15) is 26.7 Å². The molecule has 34 heavy (non-hydrogen) atoms. The van der Waals surface area contributed by atoms with Gasteiger partial charge in [-0.25, -0.2) is 0 Å². The van der Waals surface area contributed by atoms with Gasteiger partial charge in [0.25, 0.3) is 0 Å². The van der Waals surface area contributed by atoms with Gasteiger partial charge in [0, 0.05) is 0 Å². The van der Waals surface area contributed by atoms with Crippen molar-refractivity contribution in [2.24, 2.45) is 0 Å². The molecule has 0 fully saturated rings. The molecule has 2 atom stereocenters. The van der Waals surface area contributed by atoms with Crippen molar-refractivity contribution in [3.05, 3.63) is 97.1 Å². The molecule has 170 valence electrons. The van der Waals surface area contributed by atoms with E-state index in [2.05, 4.69) is 111 Å². The largest absolute Gasteiger partial charge is 0.176 e. The maximum Gasteiger partial charge on any atom is 0.176 e. The van der Waals surface area contributed by atoms with Crippen LogP contribution in [-0.4, -0.2) is 10.5 Å². The van der Waals surface area contributed by atoms with Gasteiger partial charge in [-0.3, -0.25) is 0 Å². The molecule has 2 aliphatic rings. The second-order valence-corrected chi connectivity index (χ2v) is 15.0. The number of hydrogen-bond acceptors (Lipinski definition) is 2. The second kappa shape index (κ2) is 9.73. The molecule has 0 saturated heterocycles. The molecule has 0 nitrogen and oxygen atoms in total. The van der Waals surface area contributed by atoms with Crippen molar-refractivity contribution in [2.75, 3.05) is 0 Å². The molecule has 4 heteroatoms. The van der Waals surface area contributed by atoms with Crippen LogP contribution in [0.5, 0.6) is 0 Å². The fourth-order valence-electron chi connectivity index (χ4n) is 5.15. The fraction of sp³-hybridized carbons (Fsp3) is 0.200. The van der Waals surface area contributed by atoms with Crippen molar-refractivity contribution in [3.8, 4) is 0 Å². The third kappa shape index (κ3) is 3.83. The first-order chi connectivity index (χ1) is 16.8. The summed E-state index contributed by atoms with van der Waals surface area (Å²) in [5.74, 6) is 0. The quantitative estimate of drug-likeness (QED) is 0.243. The lowest BCUT2D eigenvalue weighted by atomic mass is 10.2. The van der Waals surface area contributed by atoms with Gasteiger partial charge in [0.2, 0.25) is 0 Å². The summed E-state index contributed by atoms with van der Waals surface area (Å²) >= 11 is 3.90. The van der Waals surface area contributed by atoms with Gasteiger partial charge in [0.05, 0.1) is 41.4 Å². The molecule has 4 aromatic carbocycles. The summed E-state index contributed by atoms with van der Waals surface area (Å²) < 4.78 is 0. The van der Waals surface area contributed by atoms with E-state index < -0.39 is 0 Å². The summed E-state index contributed by atoms with van der Waals surface area (Å²) in [5.41, 5.74) is 0. The van der Waals surface area contributed by atoms with Crippen LogP contribution < -0.4 is 0 Å². The maximum atomic E-state index is 2.42. The lowest BCUT2D eigenvalue weighted by Gasteiger charge is -2.30. The fourth-order valence-corrected chi connectivity index (χ4v) is 14.6. The zero-order valence-electron chi connectivity index (χ0n) is 19.4. The number of benzene rings is 4. The Balaban J connectivity index is 1.52. The van der Waals surface area contributed by atoms with E-state index in [1.165, 1.54) is 32.4 Å². The molecule has 0 spiro atoms. The van der Waals surface area contributed by atoms with Crippen LogP contribution in [0, 0.1) is 0 Å². The minimum atomic E-state index is 0.0617. The van der Waals surface area contributed by atoms with Gasteiger partial charge >= 0.3 is 0 Å². The predicted octanol–water partition coefficient (Wildman–Crippen LogP) is 8.95. The lowest BCUT2D eigenvalue weighted by Crippen LogP contribution is -2.41. The van der Waals surface area contributed by atoms with Crippen molar-refractivity contribution in [3.63, 3.8) is 0 Å². The van der Waals surface area contributed by atoms with Crippen LogP contribution in [-0.2, 0) is 21.8 Å². The van der Waals surface area contributed by atoms with Crippen LogP contribution in [0.15, 0.2) is 136 Å². The van der Waals surface area contributed by atoms with Gasteiger partial charge in [-0.2, -0.15) is 0 Å². The van der Waals surface area contributed by atoms with Crippen molar-refractivity contribution < 1.29 is 0 Å². The highest BCUT2D eigenvalue weighted by Gasteiger charge is 2.53. The zero-order valence-corrected chi connectivity index (χ0v) is 22.7. The standard InChI is InChI=1S/C30H28S4/c1-3-25(33-27-17-9-5-13-21(27)31-22-14-6-10-18-28(22)33)26(4-2)34-29-19-11-7-15-23(29)32-24-16-8-12-20-30(24)34/h5-20,25-26H,3-4H2,1-2H3/q+2/t25-,26+. The Hall–Kier alpha value is -1.72. The molecule has 0 amide bonds. The first kappa shape index (κ1) is 22.7. The molecule has 2 heterocycles. The molecule has 0 unspecified atom stereocenters. The van der Waals surface area contributed by atoms with Crippen LogP contribution >= 0.6 is 23.5 Å². The highest BCUT2D eigenvalue weighted by molar-refractivity contribution is 8.06. The molecular weight excluding hydrogens is 489 g/mol. The van der Waals surface area contributed by atoms with Gasteiger partial charge in [0.15, 0.2) is 30.1 Å². The Morgan fingerprint density at radius 2 is 0.735 bits per heavy atom. The van der Waals surface area contributed by atoms with Gasteiger partial charge in [-0.1, -0.05) is 85.9 Å². The highest BCUT2D eigenvalue weighted by Crippen LogP contribution is 2.52. The number of rotatable bonds is 5. The Morgan fingerprint density at radius 1 is 0.471 bits per heavy atom. The van der Waals surface area contributed by atoms with Crippen LogP contribution in [0.2, 0.25) is 0 Å². The first-order valence-corrected chi connectivity index (χ1v) is 16.2. The molecule has 2 aliphatic heterocycles. The molecule has 0 radical (unpaired) electrons. The van der Waals surface area contributed by atoms with Gasteiger partial charge < -0.3 is 0 Å². The second-order valence-electron chi connectivity index (χ2n) is 8.56. The van der Waals surface area contributed by atoms with Gasteiger partial charge in [-0.05, 0) is 61.4 Å². The van der Waals surface area contributed by atoms with E-state index in [1.54, 1.807) is 19.6 Å². The predicted molar refractivity (Wildman–Crippen MR) is 150 cm³/mol. The third-order valence-corrected chi connectivity index (χ3v) is 15.5. The summed E-state index contributed by atoms with van der Waals surface area (Å²) in [6.07, 6.45) is 2.38. The van der Waals surface area contributed by atoms with E-state index in [9.17, 15) is 0 Å². The van der Waals surface area contributed by atoms with Crippen molar-refractivity contribution >= 4 is 45.3 Å². The lowest BCUT2D eigenvalue weighted by molar-refractivity contribution is 0.716. The molecule has 6 rings (SSSR count). The van der Waals surface area contributed by atoms with Crippen molar-refractivity contribution in [1.82, 2.24) is 0 Å². The molecule has 0 aliphatic carbocycles. The summed E-state index contributed by atoms with van der Waals surface area (Å²) in [6, 6.07) is 36.7. The average Bonchev–Trinajstić information content (AvgIpc) is 2.89. The minimum Gasteiger partial charge on any atom is -0.0795 e. The van der Waals surface area contributed by atoms with E-state index in [4.69, 9.17) is 0 Å². The van der Waals surface area contributed by atoms with Gasteiger partial charge in [0.1, 0.15) is 0 Å². The Kier molecular flexibility index (Phi) is 6.51. The summed E-state index contributed by atoms with van der Waals surface area (Å²) in [6.45, 7) is 4.85. The topological polar surface area (TPSA) is 0 Å². The molecule has 0 bridgehead atoms. The molecule has 0 saturated carbocycles. The normalized spacial score (nSPS) is 16.6. The number of fused-ring (bicyclic) bond motifs is 4. The van der Waals surface area contributed by atoms with E-state index >= 15 is 0 Å². The monoisotopic (exact) mass is 516 g/mol. The van der Waals surface area contributed by atoms with E-state index in [0.29, 0.717) is 10.5 Å². The van der Waals surface area contributed by atoms with Gasteiger partial charge in [-0.15, -0.1) is 0 Å². The van der Waals surface area contributed by atoms with Crippen LogP contribution in [0.3, 0.4) is 0 Å². The first-order valence-electron chi connectivity index (χ1n) is 12.0. The Morgan fingerprint density at radius 3 is 1.00 bits per heavy atom. The summed E-state index contributed by atoms with van der Waals surface area (Å²) in [5, 5.41) is 1.20. The van der Waals surface area contributed by atoms with Crippen LogP contribution in [0.25, 0.3) is 0 Å². The Bertz CT molecular complexity index is 1140. The summed E-state index contributed by atoms with van der Waals surface area (Å²) in [7, 11) is 0.123. The smallest absolute Gasteiger partial charge is 0.0795 e. The molecule has 4 aromatic rings. The number of hydrogen-bond donors (Lipinski definition) is 0.